The summed E-state index contributed by atoms with van der Waals surface area (Å²) in [6, 6.07) is 4.02. The average Bonchev–Trinajstić information content (AvgIpc) is 2.32. The first-order valence-electron chi connectivity index (χ1n) is 5.91. The number of rotatable bonds is 7. The van der Waals surface area contributed by atoms with Gasteiger partial charge in [0.1, 0.15) is 11.5 Å². The predicted octanol–water partition coefficient (Wildman–Crippen LogP) is 4.37. The van der Waals surface area contributed by atoms with Crippen LogP contribution in [0.5, 0.6) is 11.5 Å². The second-order valence-corrected chi connectivity index (χ2v) is 4.44. The SMILES string of the molecule is C=CCCc1cc(Br)c(OCC)cc1OCC. The molecule has 0 aliphatic rings. The Morgan fingerprint density at radius 1 is 1.18 bits per heavy atom. The van der Waals surface area contributed by atoms with Crippen LogP contribution in [0.1, 0.15) is 25.8 Å². The molecule has 1 aromatic carbocycles. The summed E-state index contributed by atoms with van der Waals surface area (Å²) >= 11 is 3.52. The van der Waals surface area contributed by atoms with E-state index < -0.39 is 0 Å². The Morgan fingerprint density at radius 3 is 2.41 bits per heavy atom. The fourth-order valence-electron chi connectivity index (χ4n) is 1.58. The maximum Gasteiger partial charge on any atom is 0.137 e. The van der Waals surface area contributed by atoms with E-state index in [-0.39, 0.29) is 0 Å². The highest BCUT2D eigenvalue weighted by Gasteiger charge is 2.09. The Hall–Kier alpha value is -0.960. The van der Waals surface area contributed by atoms with Gasteiger partial charge in [-0.15, -0.1) is 6.58 Å². The van der Waals surface area contributed by atoms with Crippen molar-refractivity contribution in [1.29, 1.82) is 0 Å². The van der Waals surface area contributed by atoms with E-state index in [9.17, 15) is 0 Å². The summed E-state index contributed by atoms with van der Waals surface area (Å²) in [7, 11) is 0. The number of hydrogen-bond donors (Lipinski definition) is 0. The van der Waals surface area contributed by atoms with Crippen molar-refractivity contribution < 1.29 is 9.47 Å². The van der Waals surface area contributed by atoms with E-state index in [1.54, 1.807) is 0 Å². The molecule has 0 amide bonds. The second kappa shape index (κ2) is 7.38. The minimum atomic E-state index is 0.649. The molecule has 0 spiro atoms. The molecule has 94 valence electrons. The zero-order valence-electron chi connectivity index (χ0n) is 10.5. The summed E-state index contributed by atoms with van der Waals surface area (Å²) in [6.45, 7) is 9.01. The monoisotopic (exact) mass is 298 g/mol. The highest BCUT2D eigenvalue weighted by Crippen LogP contribution is 2.33. The van der Waals surface area contributed by atoms with Gasteiger partial charge in [-0.3, -0.25) is 0 Å². The van der Waals surface area contributed by atoms with Crippen LogP contribution in [0, 0.1) is 0 Å². The fourth-order valence-corrected chi connectivity index (χ4v) is 2.09. The lowest BCUT2D eigenvalue weighted by molar-refractivity contribution is 0.319. The molecule has 0 heterocycles. The topological polar surface area (TPSA) is 18.5 Å². The van der Waals surface area contributed by atoms with Crippen LogP contribution in [0.3, 0.4) is 0 Å². The molecule has 0 unspecified atom stereocenters. The van der Waals surface area contributed by atoms with Gasteiger partial charge in [0.2, 0.25) is 0 Å². The van der Waals surface area contributed by atoms with Crippen LogP contribution in [0.4, 0.5) is 0 Å². The lowest BCUT2D eigenvalue weighted by atomic mass is 10.1. The molecular weight excluding hydrogens is 280 g/mol. The van der Waals surface area contributed by atoms with Crippen molar-refractivity contribution in [3.63, 3.8) is 0 Å². The second-order valence-electron chi connectivity index (χ2n) is 3.58. The van der Waals surface area contributed by atoms with Crippen LogP contribution in [0.25, 0.3) is 0 Å². The van der Waals surface area contributed by atoms with Gasteiger partial charge in [0.15, 0.2) is 0 Å². The Labute approximate surface area is 112 Å². The third kappa shape index (κ3) is 4.08. The molecule has 0 N–H and O–H groups in total. The van der Waals surface area contributed by atoms with Gasteiger partial charge < -0.3 is 9.47 Å². The molecule has 0 atom stereocenters. The fraction of sp³-hybridized carbons (Fsp3) is 0.429. The van der Waals surface area contributed by atoms with E-state index in [0.717, 1.165) is 28.8 Å². The zero-order valence-corrected chi connectivity index (χ0v) is 12.0. The van der Waals surface area contributed by atoms with E-state index in [1.165, 1.54) is 5.56 Å². The zero-order chi connectivity index (χ0) is 12.7. The highest BCUT2D eigenvalue weighted by molar-refractivity contribution is 9.10. The van der Waals surface area contributed by atoms with Crippen molar-refractivity contribution in [3.05, 3.63) is 34.8 Å². The molecule has 3 heteroatoms. The summed E-state index contributed by atoms with van der Waals surface area (Å²) in [6.07, 6.45) is 3.80. The van der Waals surface area contributed by atoms with Crippen molar-refractivity contribution >= 4 is 15.9 Å². The smallest absolute Gasteiger partial charge is 0.137 e. The third-order valence-electron chi connectivity index (χ3n) is 2.33. The number of benzene rings is 1. The van der Waals surface area contributed by atoms with Gasteiger partial charge >= 0.3 is 0 Å². The lowest BCUT2D eigenvalue weighted by Gasteiger charge is -2.13. The first kappa shape index (κ1) is 14.1. The first-order chi connectivity index (χ1) is 8.22. The number of ether oxygens (including phenoxy) is 2. The molecule has 0 saturated carbocycles. The van der Waals surface area contributed by atoms with E-state index in [2.05, 4.69) is 28.6 Å². The maximum atomic E-state index is 5.64. The summed E-state index contributed by atoms with van der Waals surface area (Å²) < 4.78 is 12.2. The molecule has 0 fully saturated rings. The Morgan fingerprint density at radius 2 is 1.82 bits per heavy atom. The van der Waals surface area contributed by atoms with Crippen molar-refractivity contribution in [3.8, 4) is 11.5 Å². The molecule has 0 aromatic heterocycles. The van der Waals surface area contributed by atoms with Gasteiger partial charge in [0.05, 0.1) is 17.7 Å². The predicted molar refractivity (Wildman–Crippen MR) is 75.0 cm³/mol. The molecule has 17 heavy (non-hydrogen) atoms. The van der Waals surface area contributed by atoms with E-state index in [0.29, 0.717) is 13.2 Å². The minimum absolute atomic E-state index is 0.649. The minimum Gasteiger partial charge on any atom is -0.493 e. The largest absolute Gasteiger partial charge is 0.493 e. The standard InChI is InChI=1S/C14H19BrO2/c1-4-7-8-11-9-12(15)14(17-6-3)10-13(11)16-5-2/h4,9-10H,1,5-8H2,2-3H3. The normalized spacial score (nSPS) is 10.1. The number of aryl methyl sites for hydroxylation is 1. The van der Waals surface area contributed by atoms with Crippen molar-refractivity contribution in [2.75, 3.05) is 13.2 Å². The molecule has 1 rings (SSSR count). The summed E-state index contributed by atoms with van der Waals surface area (Å²) in [4.78, 5) is 0. The van der Waals surface area contributed by atoms with Crippen LogP contribution in [0.15, 0.2) is 29.3 Å². The van der Waals surface area contributed by atoms with E-state index >= 15 is 0 Å². The molecule has 0 saturated heterocycles. The quantitative estimate of drug-likeness (QED) is 0.696. The van der Waals surface area contributed by atoms with Crippen molar-refractivity contribution in [1.82, 2.24) is 0 Å². The summed E-state index contributed by atoms with van der Waals surface area (Å²) in [5.41, 5.74) is 1.18. The molecule has 0 radical (unpaired) electrons. The third-order valence-corrected chi connectivity index (χ3v) is 2.95. The Bertz CT molecular complexity index is 375. The lowest BCUT2D eigenvalue weighted by Crippen LogP contribution is -2.00. The molecule has 0 aliphatic carbocycles. The summed E-state index contributed by atoms with van der Waals surface area (Å²) in [5.74, 6) is 1.74. The van der Waals surface area contributed by atoms with Gasteiger partial charge in [-0.25, -0.2) is 0 Å². The van der Waals surface area contributed by atoms with Crippen molar-refractivity contribution in [2.45, 2.75) is 26.7 Å². The molecular formula is C14H19BrO2. The van der Waals surface area contributed by atoms with Gasteiger partial charge in [-0.1, -0.05) is 6.08 Å². The van der Waals surface area contributed by atoms with Gasteiger partial charge in [-0.05, 0) is 54.2 Å². The highest BCUT2D eigenvalue weighted by atomic mass is 79.9. The molecule has 0 aliphatic heterocycles. The van der Waals surface area contributed by atoms with Crippen molar-refractivity contribution in [2.24, 2.45) is 0 Å². The maximum absolute atomic E-state index is 5.64. The number of hydrogen-bond acceptors (Lipinski definition) is 2. The van der Waals surface area contributed by atoms with Crippen LogP contribution in [-0.4, -0.2) is 13.2 Å². The molecule has 2 nitrogen and oxygen atoms in total. The van der Waals surface area contributed by atoms with E-state index in [1.807, 2.05) is 26.0 Å². The Kier molecular flexibility index (Phi) is 6.12. The number of halogens is 1. The number of allylic oxidation sites excluding steroid dienone is 1. The van der Waals surface area contributed by atoms with Crippen LogP contribution in [0.2, 0.25) is 0 Å². The van der Waals surface area contributed by atoms with Gasteiger partial charge in [0, 0.05) is 6.07 Å². The summed E-state index contributed by atoms with van der Waals surface area (Å²) in [5, 5.41) is 0. The van der Waals surface area contributed by atoms with Gasteiger partial charge in [-0.2, -0.15) is 0 Å². The molecule has 0 bridgehead atoms. The molecule has 1 aromatic rings. The first-order valence-corrected chi connectivity index (χ1v) is 6.71. The van der Waals surface area contributed by atoms with Crippen LogP contribution in [-0.2, 0) is 6.42 Å². The van der Waals surface area contributed by atoms with Crippen LogP contribution < -0.4 is 9.47 Å². The van der Waals surface area contributed by atoms with Crippen LogP contribution >= 0.6 is 15.9 Å². The van der Waals surface area contributed by atoms with Gasteiger partial charge in [0.25, 0.3) is 0 Å². The average molecular weight is 299 g/mol. The Balaban J connectivity index is 3.01. The van der Waals surface area contributed by atoms with E-state index in [4.69, 9.17) is 9.47 Å².